The number of nitrogens with zero attached hydrogens (tertiary/aromatic N) is 2. The summed E-state index contributed by atoms with van der Waals surface area (Å²) in [6, 6.07) is -1.22. The van der Waals surface area contributed by atoms with Crippen LogP contribution in [0.3, 0.4) is 0 Å². The van der Waals surface area contributed by atoms with Crippen LogP contribution in [0, 0.1) is 17.8 Å². The van der Waals surface area contributed by atoms with Gasteiger partial charge in [-0.3, -0.25) is 14.4 Å². The SMILES string of the molecule is CCCCCN1CC=C[C@]23S[C@H]4C=CCOC(=O)[C@H]4[C@H]2C(=O)N([C@@H](CO)C(C)C)C3C1=O. The van der Waals surface area contributed by atoms with Crippen molar-refractivity contribution < 1.29 is 24.2 Å². The fourth-order valence-electron chi connectivity index (χ4n) is 5.69. The number of unbranched alkanes of at least 4 members (excludes halogenated alkanes) is 2. The number of rotatable bonds is 7. The maximum absolute atomic E-state index is 14.0. The number of hydrogen-bond donors (Lipinski definition) is 1. The van der Waals surface area contributed by atoms with Crippen LogP contribution >= 0.6 is 11.8 Å². The molecule has 4 heterocycles. The molecule has 0 aromatic rings. The monoisotopic (exact) mass is 462 g/mol. The van der Waals surface area contributed by atoms with E-state index >= 15 is 0 Å². The summed E-state index contributed by atoms with van der Waals surface area (Å²) in [7, 11) is 0. The van der Waals surface area contributed by atoms with Crippen LogP contribution in [0.15, 0.2) is 24.3 Å². The molecular formula is C24H34N2O5S. The Morgan fingerprint density at radius 2 is 2.00 bits per heavy atom. The molecular weight excluding hydrogens is 428 g/mol. The molecule has 0 radical (unpaired) electrons. The number of esters is 1. The van der Waals surface area contributed by atoms with Crippen molar-refractivity contribution in [3.63, 3.8) is 0 Å². The minimum Gasteiger partial charge on any atom is -0.461 e. The fourth-order valence-corrected chi connectivity index (χ4v) is 7.67. The third kappa shape index (κ3) is 3.59. The Kier molecular flexibility index (Phi) is 6.73. The summed E-state index contributed by atoms with van der Waals surface area (Å²) in [5.41, 5.74) is 0. The molecule has 0 saturated carbocycles. The first-order valence-corrected chi connectivity index (χ1v) is 12.7. The summed E-state index contributed by atoms with van der Waals surface area (Å²) in [5, 5.41) is 10.00. The molecule has 2 fully saturated rings. The number of carbonyl (C=O) groups is 3. The summed E-state index contributed by atoms with van der Waals surface area (Å²) in [5.74, 6) is -2.02. The van der Waals surface area contributed by atoms with E-state index in [2.05, 4.69) is 6.92 Å². The number of fused-ring (bicyclic) bond motifs is 2. The molecule has 0 bridgehead atoms. The van der Waals surface area contributed by atoms with E-state index in [1.165, 1.54) is 0 Å². The summed E-state index contributed by atoms with van der Waals surface area (Å²) >= 11 is 1.54. The smallest absolute Gasteiger partial charge is 0.311 e. The molecule has 1 unspecified atom stereocenters. The van der Waals surface area contributed by atoms with Gasteiger partial charge in [-0.15, -0.1) is 11.8 Å². The number of cyclic esters (lactones) is 1. The molecule has 4 rings (SSSR count). The third-order valence-corrected chi connectivity index (χ3v) is 9.02. The largest absolute Gasteiger partial charge is 0.461 e. The van der Waals surface area contributed by atoms with Gasteiger partial charge in [-0.05, 0) is 12.3 Å². The van der Waals surface area contributed by atoms with Crippen molar-refractivity contribution in [2.75, 3.05) is 26.3 Å². The predicted molar refractivity (Wildman–Crippen MR) is 123 cm³/mol. The highest BCUT2D eigenvalue weighted by molar-refractivity contribution is 8.02. The Morgan fingerprint density at radius 3 is 2.69 bits per heavy atom. The molecule has 8 heteroatoms. The first-order chi connectivity index (χ1) is 15.4. The minimum absolute atomic E-state index is 0.0322. The Bertz CT molecular complexity index is 827. The maximum Gasteiger partial charge on any atom is 0.311 e. The lowest BCUT2D eigenvalue weighted by molar-refractivity contribution is -0.152. The molecule has 7 nitrogen and oxygen atoms in total. The van der Waals surface area contributed by atoms with Gasteiger partial charge in [-0.2, -0.15) is 0 Å². The van der Waals surface area contributed by atoms with Crippen molar-refractivity contribution in [3.05, 3.63) is 24.3 Å². The number of ether oxygens (including phenoxy) is 1. The lowest BCUT2D eigenvalue weighted by Crippen LogP contribution is -2.57. The summed E-state index contributed by atoms with van der Waals surface area (Å²) in [6.45, 7) is 7.14. The van der Waals surface area contributed by atoms with Crippen molar-refractivity contribution >= 4 is 29.5 Å². The van der Waals surface area contributed by atoms with Crippen molar-refractivity contribution in [1.29, 1.82) is 0 Å². The van der Waals surface area contributed by atoms with Gasteiger partial charge in [0.05, 0.1) is 29.2 Å². The van der Waals surface area contributed by atoms with Gasteiger partial charge in [0.15, 0.2) is 0 Å². The summed E-state index contributed by atoms with van der Waals surface area (Å²) in [4.78, 5) is 44.3. The molecule has 2 saturated heterocycles. The zero-order chi connectivity index (χ0) is 23.0. The van der Waals surface area contributed by atoms with Crippen LogP contribution in [0.1, 0.15) is 40.0 Å². The molecule has 1 spiro atoms. The second-order valence-electron chi connectivity index (χ2n) is 9.53. The zero-order valence-electron chi connectivity index (χ0n) is 19.1. The van der Waals surface area contributed by atoms with Crippen LogP contribution in [-0.2, 0) is 19.1 Å². The molecule has 4 aliphatic heterocycles. The van der Waals surface area contributed by atoms with Gasteiger partial charge in [0, 0.05) is 18.3 Å². The third-order valence-electron chi connectivity index (χ3n) is 7.28. The second-order valence-corrected chi connectivity index (χ2v) is 11.0. The zero-order valence-corrected chi connectivity index (χ0v) is 19.9. The first kappa shape index (κ1) is 23.4. The highest BCUT2D eigenvalue weighted by Crippen LogP contribution is 2.61. The van der Waals surface area contributed by atoms with Gasteiger partial charge in [-0.1, -0.05) is 57.9 Å². The van der Waals surface area contributed by atoms with Gasteiger partial charge < -0.3 is 19.6 Å². The van der Waals surface area contributed by atoms with Gasteiger partial charge in [0.2, 0.25) is 11.8 Å². The molecule has 32 heavy (non-hydrogen) atoms. The molecule has 0 aromatic carbocycles. The summed E-state index contributed by atoms with van der Waals surface area (Å²) in [6.07, 6.45) is 10.8. The fraction of sp³-hybridized carbons (Fsp3) is 0.708. The van der Waals surface area contributed by atoms with Crippen LogP contribution in [0.5, 0.6) is 0 Å². The Labute approximate surface area is 194 Å². The van der Waals surface area contributed by atoms with E-state index in [1.807, 2.05) is 43.1 Å². The van der Waals surface area contributed by atoms with Crippen LogP contribution in [-0.4, -0.2) is 81.1 Å². The van der Waals surface area contributed by atoms with E-state index in [1.54, 1.807) is 16.7 Å². The number of amides is 2. The highest BCUT2D eigenvalue weighted by atomic mass is 32.2. The van der Waals surface area contributed by atoms with Crippen LogP contribution in [0.2, 0.25) is 0 Å². The Balaban J connectivity index is 1.80. The molecule has 0 aliphatic carbocycles. The van der Waals surface area contributed by atoms with Crippen molar-refractivity contribution in [2.45, 2.75) is 62.1 Å². The van der Waals surface area contributed by atoms with Gasteiger partial charge in [0.25, 0.3) is 0 Å². The average molecular weight is 463 g/mol. The van der Waals surface area contributed by atoms with Crippen LogP contribution in [0.25, 0.3) is 0 Å². The lowest BCUT2D eigenvalue weighted by atomic mass is 9.78. The summed E-state index contributed by atoms with van der Waals surface area (Å²) < 4.78 is 4.54. The van der Waals surface area contributed by atoms with Crippen LogP contribution < -0.4 is 0 Å². The molecule has 0 aromatic heterocycles. The Hall–Kier alpha value is -1.80. The average Bonchev–Trinajstić information content (AvgIpc) is 3.05. The van der Waals surface area contributed by atoms with Gasteiger partial charge >= 0.3 is 5.97 Å². The first-order valence-electron chi connectivity index (χ1n) is 11.8. The van der Waals surface area contributed by atoms with Gasteiger partial charge in [0.1, 0.15) is 12.6 Å². The van der Waals surface area contributed by atoms with Gasteiger partial charge in [-0.25, -0.2) is 0 Å². The Morgan fingerprint density at radius 1 is 1.22 bits per heavy atom. The molecule has 176 valence electrons. The quantitative estimate of drug-likeness (QED) is 0.354. The van der Waals surface area contributed by atoms with Crippen molar-refractivity contribution in [1.82, 2.24) is 9.80 Å². The lowest BCUT2D eigenvalue weighted by Gasteiger charge is -2.39. The topological polar surface area (TPSA) is 87.2 Å². The van der Waals surface area contributed by atoms with E-state index < -0.39 is 28.7 Å². The second kappa shape index (κ2) is 9.21. The van der Waals surface area contributed by atoms with Crippen molar-refractivity contribution in [2.24, 2.45) is 17.8 Å². The number of hydrogen-bond acceptors (Lipinski definition) is 6. The molecule has 2 amide bonds. The van der Waals surface area contributed by atoms with E-state index in [-0.39, 0.29) is 42.2 Å². The molecule has 1 N–H and O–H groups in total. The van der Waals surface area contributed by atoms with E-state index in [9.17, 15) is 19.5 Å². The number of aliphatic hydroxyl groups is 1. The number of aliphatic hydroxyl groups excluding tert-OH is 1. The number of thioether (sulfide) groups is 1. The predicted octanol–water partition coefficient (Wildman–Crippen LogP) is 2.00. The van der Waals surface area contributed by atoms with E-state index in [0.717, 1.165) is 19.3 Å². The number of likely N-dealkylation sites (tertiary alicyclic amines) is 1. The highest BCUT2D eigenvalue weighted by Gasteiger charge is 2.71. The normalized spacial score (nSPS) is 34.8. The van der Waals surface area contributed by atoms with Crippen LogP contribution in [0.4, 0.5) is 0 Å². The standard InChI is InChI=1S/C24H34N2O5S/c1-4-5-6-11-25-12-8-10-24-19(18-17(32-24)9-7-13-31-23(18)30)21(28)26(20(24)22(25)29)16(14-27)15(2)3/h7-10,15-20,27H,4-6,11-14H2,1-3H3/t16-,17-,18+,19-,20?,24-/m0/s1. The van der Waals surface area contributed by atoms with E-state index in [4.69, 9.17) is 4.74 Å². The number of carbonyl (C=O) groups excluding carboxylic acids is 3. The van der Waals surface area contributed by atoms with Crippen molar-refractivity contribution in [3.8, 4) is 0 Å². The molecule has 6 atom stereocenters. The maximum atomic E-state index is 14.0. The minimum atomic E-state index is -0.841. The van der Waals surface area contributed by atoms with E-state index in [0.29, 0.717) is 13.1 Å². The molecule has 4 aliphatic rings.